The van der Waals surface area contributed by atoms with Gasteiger partial charge in [0.1, 0.15) is 11.4 Å². The van der Waals surface area contributed by atoms with E-state index in [-0.39, 0.29) is 23.5 Å². The van der Waals surface area contributed by atoms with Crippen LogP contribution in [0.5, 0.6) is 0 Å². The van der Waals surface area contributed by atoms with Gasteiger partial charge in [0.2, 0.25) is 11.8 Å². The highest BCUT2D eigenvalue weighted by Gasteiger charge is 2.68. The van der Waals surface area contributed by atoms with E-state index in [0.29, 0.717) is 11.3 Å². The van der Waals surface area contributed by atoms with Crippen LogP contribution < -0.4 is 10.2 Å². The zero-order valence-electron chi connectivity index (χ0n) is 19.0. The number of benzene rings is 2. The molecule has 4 rings (SSSR count). The molecular formula is C25H25FN2O5S. The molecule has 0 saturated carbocycles. The van der Waals surface area contributed by atoms with E-state index in [2.05, 4.69) is 5.32 Å². The van der Waals surface area contributed by atoms with E-state index in [1.54, 1.807) is 30.3 Å². The lowest BCUT2D eigenvalue weighted by Crippen LogP contribution is -2.56. The molecule has 2 heterocycles. The van der Waals surface area contributed by atoms with E-state index in [0.717, 1.165) is 4.90 Å². The standard InChI is InChI=1S/C25H25FN2O5S/c1-14(29)15-7-6-8-16(13-15)28-22(30)19-20(23(28)31)25(11-12-34-3,24(32)33-2)27-21(19)17-9-4-5-10-18(17)26/h4-10,13,19-21,27H,11-12H2,1-3H3/t19-,20+,21+,25+/m0/s1. The highest BCUT2D eigenvalue weighted by Crippen LogP contribution is 2.51. The summed E-state index contributed by atoms with van der Waals surface area (Å²) in [4.78, 5) is 53.6. The number of anilines is 1. The summed E-state index contributed by atoms with van der Waals surface area (Å²) < 4.78 is 20.0. The van der Waals surface area contributed by atoms with Crippen LogP contribution in [0.15, 0.2) is 48.5 Å². The van der Waals surface area contributed by atoms with Crippen molar-refractivity contribution in [1.29, 1.82) is 0 Å². The molecule has 0 aromatic heterocycles. The first-order chi connectivity index (χ1) is 16.3. The number of esters is 1. The molecule has 9 heteroatoms. The van der Waals surface area contributed by atoms with Crippen molar-refractivity contribution >= 4 is 41.0 Å². The topological polar surface area (TPSA) is 92.8 Å². The molecule has 2 aromatic rings. The van der Waals surface area contributed by atoms with Gasteiger partial charge in [-0.2, -0.15) is 11.8 Å². The van der Waals surface area contributed by atoms with Crippen LogP contribution >= 0.6 is 11.8 Å². The number of thioether (sulfide) groups is 1. The molecule has 2 fully saturated rings. The lowest BCUT2D eigenvalue weighted by molar-refractivity contribution is -0.152. The first-order valence-electron chi connectivity index (χ1n) is 10.8. The fraction of sp³-hybridized carbons (Fsp3) is 0.360. The summed E-state index contributed by atoms with van der Waals surface area (Å²) in [5.41, 5.74) is -0.712. The summed E-state index contributed by atoms with van der Waals surface area (Å²) in [5, 5.41) is 3.16. The first kappa shape index (κ1) is 24.1. The number of Topliss-reactive ketones (excluding diaryl/α,β-unsaturated/α-hetero) is 1. The third-order valence-corrected chi connectivity index (χ3v) is 7.27. The molecule has 34 heavy (non-hydrogen) atoms. The average molecular weight is 485 g/mol. The molecule has 2 aliphatic heterocycles. The van der Waals surface area contributed by atoms with Gasteiger partial charge in [-0.15, -0.1) is 0 Å². The molecule has 0 radical (unpaired) electrons. The Kier molecular flexibility index (Phi) is 6.60. The van der Waals surface area contributed by atoms with Gasteiger partial charge >= 0.3 is 5.97 Å². The number of hydrogen-bond acceptors (Lipinski definition) is 7. The molecule has 2 saturated heterocycles. The monoisotopic (exact) mass is 484 g/mol. The molecule has 0 spiro atoms. The molecule has 0 bridgehead atoms. The lowest BCUT2D eigenvalue weighted by Gasteiger charge is -2.32. The van der Waals surface area contributed by atoms with Crippen LogP contribution in [-0.2, 0) is 19.1 Å². The van der Waals surface area contributed by atoms with Crippen molar-refractivity contribution in [3.63, 3.8) is 0 Å². The Morgan fingerprint density at radius 2 is 1.88 bits per heavy atom. The molecule has 2 aliphatic rings. The van der Waals surface area contributed by atoms with E-state index >= 15 is 0 Å². The maximum atomic E-state index is 14.9. The van der Waals surface area contributed by atoms with Gasteiger partial charge in [-0.25, -0.2) is 9.29 Å². The normalized spacial score (nSPS) is 26.0. The minimum absolute atomic E-state index is 0.202. The number of halogens is 1. The highest BCUT2D eigenvalue weighted by atomic mass is 32.2. The highest BCUT2D eigenvalue weighted by molar-refractivity contribution is 7.98. The van der Waals surface area contributed by atoms with Crippen molar-refractivity contribution in [2.45, 2.75) is 24.9 Å². The van der Waals surface area contributed by atoms with Gasteiger partial charge in [0.25, 0.3) is 0 Å². The number of rotatable bonds is 7. The maximum Gasteiger partial charge on any atom is 0.326 e. The zero-order chi connectivity index (χ0) is 24.6. The summed E-state index contributed by atoms with van der Waals surface area (Å²) in [7, 11) is 1.23. The van der Waals surface area contributed by atoms with Crippen molar-refractivity contribution in [2.75, 3.05) is 24.0 Å². The Labute approximate surface area is 201 Å². The van der Waals surface area contributed by atoms with E-state index < -0.39 is 47.0 Å². The Hall–Kier alpha value is -3.04. The largest absolute Gasteiger partial charge is 0.468 e. The number of ketones is 1. The number of methoxy groups -OCH3 is 1. The third kappa shape index (κ3) is 3.73. The second-order valence-electron chi connectivity index (χ2n) is 8.47. The zero-order valence-corrected chi connectivity index (χ0v) is 19.9. The van der Waals surface area contributed by atoms with E-state index in [1.807, 2.05) is 6.26 Å². The number of imide groups is 1. The van der Waals surface area contributed by atoms with Crippen LogP contribution in [0.3, 0.4) is 0 Å². The quantitative estimate of drug-likeness (QED) is 0.367. The molecule has 1 N–H and O–H groups in total. The van der Waals surface area contributed by atoms with Crippen molar-refractivity contribution in [1.82, 2.24) is 5.32 Å². The Balaban J connectivity index is 1.88. The number of amides is 2. The van der Waals surface area contributed by atoms with Crippen molar-refractivity contribution in [2.24, 2.45) is 11.8 Å². The van der Waals surface area contributed by atoms with E-state index in [9.17, 15) is 23.6 Å². The lowest BCUT2D eigenvalue weighted by atomic mass is 9.78. The number of fused-ring (bicyclic) bond motifs is 1. The number of hydrogen-bond donors (Lipinski definition) is 1. The molecule has 2 aromatic carbocycles. The van der Waals surface area contributed by atoms with Crippen LogP contribution in [0.1, 0.15) is 35.3 Å². The van der Waals surface area contributed by atoms with Crippen molar-refractivity contribution in [3.8, 4) is 0 Å². The minimum Gasteiger partial charge on any atom is -0.468 e. The first-order valence-corrected chi connectivity index (χ1v) is 12.2. The predicted molar refractivity (Wildman–Crippen MR) is 126 cm³/mol. The number of nitrogens with one attached hydrogen (secondary N) is 1. The molecule has 7 nitrogen and oxygen atoms in total. The third-order valence-electron chi connectivity index (χ3n) is 6.66. The van der Waals surface area contributed by atoms with Gasteiger partial charge in [-0.3, -0.25) is 24.5 Å². The predicted octanol–water partition coefficient (Wildman–Crippen LogP) is 3.14. The van der Waals surface area contributed by atoms with Crippen molar-refractivity contribution in [3.05, 3.63) is 65.5 Å². The Morgan fingerprint density at radius 1 is 1.15 bits per heavy atom. The van der Waals surface area contributed by atoms with E-state index in [4.69, 9.17) is 4.74 Å². The van der Waals surface area contributed by atoms with Crippen LogP contribution in [0, 0.1) is 17.7 Å². The molecular weight excluding hydrogens is 459 g/mol. The van der Waals surface area contributed by atoms with Crippen LogP contribution in [0.4, 0.5) is 10.1 Å². The molecule has 2 amide bonds. The van der Waals surface area contributed by atoms with Crippen LogP contribution in [0.25, 0.3) is 0 Å². The molecule has 178 valence electrons. The minimum atomic E-state index is -1.50. The Morgan fingerprint density at radius 3 is 2.53 bits per heavy atom. The second kappa shape index (κ2) is 9.31. The SMILES string of the molecule is COC(=O)[C@]1(CCSC)N[C@H](c2ccccc2F)[C@H]2C(=O)N(c3cccc(C(C)=O)c3)C(=O)[C@@H]21. The molecule has 4 atom stereocenters. The molecule has 0 aliphatic carbocycles. The number of carbonyl (C=O) groups is 4. The van der Waals surface area contributed by atoms with Gasteiger partial charge in [0.05, 0.1) is 24.6 Å². The summed E-state index contributed by atoms with van der Waals surface area (Å²) in [6, 6.07) is 11.3. The fourth-order valence-electron chi connectivity index (χ4n) is 5.08. The Bertz CT molecular complexity index is 1170. The summed E-state index contributed by atoms with van der Waals surface area (Å²) in [6.45, 7) is 1.39. The number of nitrogens with zero attached hydrogens (tertiary/aromatic N) is 1. The second-order valence-corrected chi connectivity index (χ2v) is 9.46. The van der Waals surface area contributed by atoms with Gasteiger partial charge in [0.15, 0.2) is 5.78 Å². The van der Waals surface area contributed by atoms with E-state index in [1.165, 1.54) is 44.0 Å². The van der Waals surface area contributed by atoms with Gasteiger partial charge in [-0.1, -0.05) is 30.3 Å². The summed E-state index contributed by atoms with van der Waals surface area (Å²) in [6.07, 6.45) is 2.08. The van der Waals surface area contributed by atoms with Gasteiger partial charge in [0, 0.05) is 17.2 Å². The smallest absolute Gasteiger partial charge is 0.326 e. The van der Waals surface area contributed by atoms with Gasteiger partial charge < -0.3 is 4.74 Å². The fourth-order valence-corrected chi connectivity index (χ4v) is 5.61. The molecule has 0 unspecified atom stereocenters. The van der Waals surface area contributed by atoms with Crippen molar-refractivity contribution < 1.29 is 28.3 Å². The van der Waals surface area contributed by atoms with Crippen LogP contribution in [0.2, 0.25) is 0 Å². The summed E-state index contributed by atoms with van der Waals surface area (Å²) >= 11 is 1.48. The average Bonchev–Trinajstić information content (AvgIpc) is 3.31. The number of carbonyl (C=O) groups excluding carboxylic acids is 4. The number of ether oxygens (including phenoxy) is 1. The summed E-state index contributed by atoms with van der Waals surface area (Å²) in [5.74, 6) is -4.15. The van der Waals surface area contributed by atoms with Gasteiger partial charge in [-0.05, 0) is 43.6 Å². The van der Waals surface area contributed by atoms with Crippen LogP contribution in [-0.4, -0.2) is 48.2 Å². The maximum absolute atomic E-state index is 14.9.